The van der Waals surface area contributed by atoms with E-state index in [-0.39, 0.29) is 12.6 Å². The van der Waals surface area contributed by atoms with Crippen LogP contribution in [0.3, 0.4) is 0 Å². The van der Waals surface area contributed by atoms with E-state index >= 15 is 0 Å². The van der Waals surface area contributed by atoms with E-state index in [0.29, 0.717) is 0 Å². The second-order valence-electron chi connectivity index (χ2n) is 3.10. The Balaban J connectivity index is 3.01. The third-order valence-corrected chi connectivity index (χ3v) is 2.67. The van der Waals surface area contributed by atoms with Crippen molar-refractivity contribution in [2.45, 2.75) is 19.3 Å². The number of benzene rings is 1. The number of aryl methyl sites for hydroxylation is 1. The van der Waals surface area contributed by atoms with Gasteiger partial charge in [0.2, 0.25) is 0 Å². The van der Waals surface area contributed by atoms with Crippen LogP contribution in [0.4, 0.5) is 4.39 Å². The first-order valence-electron chi connectivity index (χ1n) is 4.35. The summed E-state index contributed by atoms with van der Waals surface area (Å²) >= 11 is 2.25. The SMILES string of the molecule is [CH2]C(CF)c1cc(I)cc(CC)c1. The maximum Gasteiger partial charge on any atom is 0.0962 e. The van der Waals surface area contributed by atoms with Crippen LogP contribution >= 0.6 is 22.6 Å². The van der Waals surface area contributed by atoms with Crippen molar-refractivity contribution in [1.82, 2.24) is 0 Å². The molecular weight excluding hydrogens is 278 g/mol. The molecule has 0 aliphatic heterocycles. The topological polar surface area (TPSA) is 0 Å². The minimum absolute atomic E-state index is 0.222. The maximum atomic E-state index is 12.4. The minimum atomic E-state index is -0.386. The summed E-state index contributed by atoms with van der Waals surface area (Å²) in [6, 6.07) is 6.16. The summed E-state index contributed by atoms with van der Waals surface area (Å²) in [5.74, 6) is -0.222. The fourth-order valence-electron chi connectivity index (χ4n) is 1.20. The van der Waals surface area contributed by atoms with E-state index in [1.807, 2.05) is 12.1 Å². The quantitative estimate of drug-likeness (QED) is 0.744. The molecule has 0 saturated carbocycles. The summed E-state index contributed by atoms with van der Waals surface area (Å²) in [7, 11) is 0. The predicted molar refractivity (Wildman–Crippen MR) is 62.6 cm³/mol. The van der Waals surface area contributed by atoms with Gasteiger partial charge in [-0.2, -0.15) is 0 Å². The van der Waals surface area contributed by atoms with Gasteiger partial charge in [-0.25, -0.2) is 0 Å². The molecule has 0 amide bonds. The molecule has 1 radical (unpaired) electrons. The van der Waals surface area contributed by atoms with Gasteiger partial charge in [-0.1, -0.05) is 13.0 Å². The highest BCUT2D eigenvalue weighted by Gasteiger charge is 2.06. The lowest BCUT2D eigenvalue weighted by Crippen LogP contribution is -1.97. The molecule has 0 spiro atoms. The highest BCUT2D eigenvalue weighted by atomic mass is 127. The van der Waals surface area contributed by atoms with E-state index in [1.54, 1.807) is 0 Å². The lowest BCUT2D eigenvalue weighted by molar-refractivity contribution is 0.465. The summed E-state index contributed by atoms with van der Waals surface area (Å²) in [5, 5.41) is 0. The fraction of sp³-hybridized carbons (Fsp3) is 0.364. The molecule has 1 rings (SSSR count). The van der Waals surface area contributed by atoms with Crippen LogP contribution in [0.2, 0.25) is 0 Å². The zero-order valence-electron chi connectivity index (χ0n) is 7.69. The standard InChI is InChI=1S/C11H13FI/c1-3-9-4-10(8(2)7-12)6-11(13)5-9/h4-6,8H,2-3,7H2,1H3. The van der Waals surface area contributed by atoms with E-state index < -0.39 is 0 Å². The van der Waals surface area contributed by atoms with Crippen LogP contribution in [0.25, 0.3) is 0 Å². The number of rotatable bonds is 3. The molecule has 0 nitrogen and oxygen atoms in total. The number of hydrogen-bond donors (Lipinski definition) is 0. The molecule has 0 heterocycles. The second kappa shape index (κ2) is 4.94. The van der Waals surface area contributed by atoms with Gasteiger partial charge in [0, 0.05) is 9.49 Å². The Hall–Kier alpha value is -0.120. The van der Waals surface area contributed by atoms with Gasteiger partial charge in [0.25, 0.3) is 0 Å². The van der Waals surface area contributed by atoms with Gasteiger partial charge in [-0.15, -0.1) is 0 Å². The Morgan fingerprint density at radius 1 is 1.46 bits per heavy atom. The van der Waals surface area contributed by atoms with Gasteiger partial charge in [-0.05, 0) is 59.2 Å². The molecule has 2 heteroatoms. The van der Waals surface area contributed by atoms with Gasteiger partial charge in [0.1, 0.15) is 0 Å². The number of alkyl halides is 1. The molecule has 0 aliphatic carbocycles. The first-order chi connectivity index (χ1) is 6.17. The van der Waals surface area contributed by atoms with Crippen LogP contribution in [-0.2, 0) is 6.42 Å². The Labute approximate surface area is 92.7 Å². The maximum absolute atomic E-state index is 12.4. The monoisotopic (exact) mass is 291 g/mol. The Morgan fingerprint density at radius 3 is 2.69 bits per heavy atom. The summed E-state index contributed by atoms with van der Waals surface area (Å²) in [5.41, 5.74) is 2.26. The lowest BCUT2D eigenvalue weighted by Gasteiger charge is -2.09. The van der Waals surface area contributed by atoms with E-state index in [2.05, 4.69) is 42.5 Å². The third-order valence-electron chi connectivity index (χ3n) is 2.05. The molecule has 13 heavy (non-hydrogen) atoms. The van der Waals surface area contributed by atoms with Gasteiger partial charge in [0.15, 0.2) is 0 Å². The molecule has 1 aromatic rings. The summed E-state index contributed by atoms with van der Waals surface area (Å²) < 4.78 is 13.5. The average molecular weight is 291 g/mol. The smallest absolute Gasteiger partial charge is 0.0962 e. The normalized spacial score (nSPS) is 12.9. The Bertz CT molecular complexity index is 283. The van der Waals surface area contributed by atoms with Crippen LogP contribution < -0.4 is 0 Å². The first-order valence-corrected chi connectivity index (χ1v) is 5.43. The second-order valence-corrected chi connectivity index (χ2v) is 4.34. The minimum Gasteiger partial charge on any atom is -0.250 e. The molecule has 0 fully saturated rings. The lowest BCUT2D eigenvalue weighted by atomic mass is 9.99. The molecule has 1 atom stereocenters. The molecule has 0 aromatic heterocycles. The Morgan fingerprint density at radius 2 is 2.15 bits per heavy atom. The molecule has 0 bridgehead atoms. The van der Waals surface area contributed by atoms with Crippen molar-refractivity contribution in [3.05, 3.63) is 39.8 Å². The highest BCUT2D eigenvalue weighted by molar-refractivity contribution is 14.1. The van der Waals surface area contributed by atoms with E-state index in [1.165, 1.54) is 5.56 Å². The van der Waals surface area contributed by atoms with Crippen molar-refractivity contribution in [2.24, 2.45) is 0 Å². The molecule has 1 aromatic carbocycles. The summed E-state index contributed by atoms with van der Waals surface area (Å²) in [4.78, 5) is 0. The van der Waals surface area contributed by atoms with E-state index in [4.69, 9.17) is 0 Å². The largest absolute Gasteiger partial charge is 0.250 e. The first kappa shape index (κ1) is 11.0. The fourth-order valence-corrected chi connectivity index (χ4v) is 1.96. The van der Waals surface area contributed by atoms with E-state index in [0.717, 1.165) is 15.6 Å². The van der Waals surface area contributed by atoms with Crippen molar-refractivity contribution in [2.75, 3.05) is 6.67 Å². The van der Waals surface area contributed by atoms with Crippen molar-refractivity contribution >= 4 is 22.6 Å². The zero-order valence-corrected chi connectivity index (χ0v) is 9.84. The summed E-state index contributed by atoms with van der Waals surface area (Å²) in [6.45, 7) is 5.48. The average Bonchev–Trinajstić information content (AvgIpc) is 2.15. The molecule has 0 saturated heterocycles. The Kier molecular flexibility index (Phi) is 4.16. The van der Waals surface area contributed by atoms with E-state index in [9.17, 15) is 4.39 Å². The molecule has 1 unspecified atom stereocenters. The molecule has 0 N–H and O–H groups in total. The highest BCUT2D eigenvalue weighted by Crippen LogP contribution is 2.20. The predicted octanol–water partition coefficient (Wildman–Crippen LogP) is 3.74. The van der Waals surface area contributed by atoms with Crippen molar-refractivity contribution < 1.29 is 4.39 Å². The van der Waals surface area contributed by atoms with Crippen LogP contribution in [0.5, 0.6) is 0 Å². The van der Waals surface area contributed by atoms with Crippen LogP contribution in [0.15, 0.2) is 18.2 Å². The molecule has 0 aliphatic rings. The van der Waals surface area contributed by atoms with Crippen molar-refractivity contribution in [3.8, 4) is 0 Å². The van der Waals surface area contributed by atoms with Gasteiger partial charge < -0.3 is 0 Å². The van der Waals surface area contributed by atoms with Crippen LogP contribution in [-0.4, -0.2) is 6.67 Å². The van der Waals surface area contributed by atoms with Gasteiger partial charge >= 0.3 is 0 Å². The van der Waals surface area contributed by atoms with Crippen molar-refractivity contribution in [1.29, 1.82) is 0 Å². The summed E-state index contributed by atoms with van der Waals surface area (Å²) in [6.07, 6.45) is 0.989. The van der Waals surface area contributed by atoms with Gasteiger partial charge in [-0.3, -0.25) is 4.39 Å². The molecule has 71 valence electrons. The van der Waals surface area contributed by atoms with Crippen LogP contribution in [0.1, 0.15) is 24.0 Å². The molecular formula is C11H13FI. The van der Waals surface area contributed by atoms with Gasteiger partial charge in [0.05, 0.1) is 6.67 Å². The van der Waals surface area contributed by atoms with Crippen LogP contribution in [0, 0.1) is 10.5 Å². The third kappa shape index (κ3) is 2.93. The van der Waals surface area contributed by atoms with Crippen molar-refractivity contribution in [3.63, 3.8) is 0 Å². The number of halogens is 2. The number of hydrogen-bond acceptors (Lipinski definition) is 0. The zero-order chi connectivity index (χ0) is 9.84.